The molecule has 8 rings (SSSR count). The molecule has 3 aliphatic rings. The molecule has 0 radical (unpaired) electrons. The second-order valence-electron chi connectivity index (χ2n) is 11.9. The minimum atomic E-state index is -0.0978. The van der Waals surface area contributed by atoms with Gasteiger partial charge in [0, 0.05) is 34.1 Å². The third-order valence-electron chi connectivity index (χ3n) is 8.82. The van der Waals surface area contributed by atoms with Crippen LogP contribution in [0.1, 0.15) is 30.5 Å². The first kappa shape index (κ1) is 26.7. The molecular weight excluding hydrogens is 550 g/mol. The summed E-state index contributed by atoms with van der Waals surface area (Å²) in [6.45, 7) is 5.20. The molecule has 5 nitrogen and oxygen atoms in total. The van der Waals surface area contributed by atoms with E-state index in [1.54, 1.807) is 0 Å². The molecule has 0 fully saturated rings. The maximum Gasteiger partial charge on any atom is 0.231 e. The van der Waals surface area contributed by atoms with E-state index in [1.807, 2.05) is 47.3 Å². The Morgan fingerprint density at radius 1 is 0.756 bits per heavy atom. The molecule has 0 amide bonds. The lowest BCUT2D eigenvalue weighted by Crippen LogP contribution is -2.19. The van der Waals surface area contributed by atoms with Crippen LogP contribution in [-0.4, -0.2) is 21.9 Å². The van der Waals surface area contributed by atoms with Crippen molar-refractivity contribution in [3.63, 3.8) is 0 Å². The van der Waals surface area contributed by atoms with E-state index in [-0.39, 0.29) is 5.41 Å². The van der Waals surface area contributed by atoms with E-state index in [0.717, 1.165) is 45.3 Å². The van der Waals surface area contributed by atoms with Crippen molar-refractivity contribution in [1.82, 2.24) is 4.98 Å². The van der Waals surface area contributed by atoms with Crippen molar-refractivity contribution in [1.29, 1.82) is 0 Å². The van der Waals surface area contributed by atoms with Gasteiger partial charge in [0.25, 0.3) is 0 Å². The molecule has 45 heavy (non-hydrogen) atoms. The molecule has 0 N–H and O–H groups in total. The zero-order chi connectivity index (χ0) is 30.4. The topological polar surface area (TPSA) is 43.9 Å². The average molecular weight is 581 g/mol. The fourth-order valence-electron chi connectivity index (χ4n) is 6.52. The van der Waals surface area contributed by atoms with Gasteiger partial charge in [-0.3, -0.25) is 4.98 Å². The number of pyridine rings is 1. The summed E-state index contributed by atoms with van der Waals surface area (Å²) in [5, 5.41) is 9.16. The predicted molar refractivity (Wildman–Crippen MR) is 180 cm³/mol. The number of hydrogen-bond acceptors (Lipinski definition) is 4. The monoisotopic (exact) mass is 580 g/mol. The fourth-order valence-corrected chi connectivity index (χ4v) is 6.52. The van der Waals surface area contributed by atoms with Gasteiger partial charge in [-0.05, 0) is 88.7 Å². The molecule has 1 aromatic heterocycles. The summed E-state index contributed by atoms with van der Waals surface area (Å²) in [7, 11) is 0. The van der Waals surface area contributed by atoms with Crippen molar-refractivity contribution in [2.75, 3.05) is 11.4 Å². The number of anilines is 2. The van der Waals surface area contributed by atoms with E-state index in [4.69, 9.17) is 0 Å². The van der Waals surface area contributed by atoms with E-state index in [9.17, 15) is 0 Å². The van der Waals surface area contributed by atoms with Crippen molar-refractivity contribution in [2.45, 2.75) is 19.3 Å². The molecule has 0 spiro atoms. The Bertz CT molecular complexity index is 2190. The summed E-state index contributed by atoms with van der Waals surface area (Å²) in [5.74, 6) is 0. The van der Waals surface area contributed by atoms with Gasteiger partial charge in [-0.25, -0.2) is 0 Å². The Morgan fingerprint density at radius 3 is 2.44 bits per heavy atom. The van der Waals surface area contributed by atoms with Crippen LogP contribution in [0.15, 0.2) is 161 Å². The van der Waals surface area contributed by atoms with E-state index in [1.165, 1.54) is 22.3 Å². The summed E-state index contributed by atoms with van der Waals surface area (Å²) in [4.78, 5) is 6.76. The van der Waals surface area contributed by atoms with Gasteiger partial charge in [0.15, 0.2) is 12.2 Å². The number of benzene rings is 4. The van der Waals surface area contributed by atoms with Gasteiger partial charge in [0.1, 0.15) is 5.22 Å². The van der Waals surface area contributed by atoms with Crippen molar-refractivity contribution in [2.24, 2.45) is 10.3 Å². The highest BCUT2D eigenvalue weighted by Gasteiger charge is 2.36. The molecule has 1 aliphatic heterocycles. The third-order valence-corrected chi connectivity index (χ3v) is 8.82. The van der Waals surface area contributed by atoms with Crippen LogP contribution in [0.4, 0.5) is 17.1 Å². The van der Waals surface area contributed by atoms with Crippen molar-refractivity contribution in [3.05, 3.63) is 167 Å². The first-order valence-corrected chi connectivity index (χ1v) is 15.2. The van der Waals surface area contributed by atoms with Crippen molar-refractivity contribution < 1.29 is 4.70 Å². The Labute approximate surface area is 262 Å². The van der Waals surface area contributed by atoms with Gasteiger partial charge in [0.2, 0.25) is 5.71 Å². The van der Waals surface area contributed by atoms with Gasteiger partial charge < -0.3 is 4.90 Å². The molecule has 0 bridgehead atoms. The van der Waals surface area contributed by atoms with E-state index in [0.29, 0.717) is 6.54 Å². The van der Waals surface area contributed by atoms with Gasteiger partial charge in [-0.2, -0.15) is 0 Å². The molecule has 5 aromatic rings. The van der Waals surface area contributed by atoms with Crippen LogP contribution in [0.25, 0.3) is 22.4 Å². The minimum Gasteiger partial charge on any atom is -0.303 e. The first-order valence-electron chi connectivity index (χ1n) is 15.2. The summed E-state index contributed by atoms with van der Waals surface area (Å²) < 4.78 is 1.94. The van der Waals surface area contributed by atoms with E-state index in [2.05, 4.69) is 137 Å². The molecule has 0 atom stereocenters. The number of rotatable bonds is 6. The van der Waals surface area contributed by atoms with Crippen LogP contribution in [-0.2, 0) is 5.41 Å². The quantitative estimate of drug-likeness (QED) is 0.148. The van der Waals surface area contributed by atoms with Gasteiger partial charge in [-0.1, -0.05) is 86.3 Å². The second kappa shape index (κ2) is 10.7. The Morgan fingerprint density at radius 2 is 1.58 bits per heavy atom. The maximum atomic E-state index is 4.62. The number of aromatic nitrogens is 1. The van der Waals surface area contributed by atoms with Crippen LogP contribution in [0.2, 0.25) is 0 Å². The summed E-state index contributed by atoms with van der Waals surface area (Å²) >= 11 is 0. The Kier molecular flexibility index (Phi) is 6.36. The zero-order valence-electron chi connectivity index (χ0n) is 25.1. The molecule has 5 heteroatoms. The van der Waals surface area contributed by atoms with E-state index < -0.39 is 0 Å². The highest BCUT2D eigenvalue weighted by molar-refractivity contribution is 6.02. The first-order chi connectivity index (χ1) is 22.1. The van der Waals surface area contributed by atoms with Crippen molar-refractivity contribution >= 4 is 22.8 Å². The molecule has 0 unspecified atom stereocenters. The standard InChI is InChI=1S/C40H30N5/c1-40(2)36-19-7-6-18-34(36)35-22-21-33(26-37(35)40)45(30-14-4-3-5-15-30)32-17-11-13-29(25-32)39-27-44(43-42-39)31-16-10-12-28(24-31)38-20-8-9-23-41-38/h3-4,6-14,16-26H,27H2,1-2H3/q+1. The molecule has 4 aromatic carbocycles. The lowest BCUT2D eigenvalue weighted by atomic mass is 9.82. The number of hydrogen-bond donors (Lipinski definition) is 0. The lowest BCUT2D eigenvalue weighted by Gasteiger charge is -2.28. The average Bonchev–Trinajstić information content (AvgIpc) is 3.68. The molecular formula is C40H30N5+. The Hall–Kier alpha value is -5.86. The van der Waals surface area contributed by atoms with Crippen LogP contribution < -0.4 is 4.90 Å². The van der Waals surface area contributed by atoms with Crippen LogP contribution in [0, 0.1) is 0 Å². The second-order valence-corrected chi connectivity index (χ2v) is 11.9. The fraction of sp³-hybridized carbons (Fsp3) is 0.100. The minimum absolute atomic E-state index is 0.0978. The lowest BCUT2D eigenvalue weighted by molar-refractivity contribution is -0.492. The Balaban J connectivity index is 1.13. The van der Waals surface area contributed by atoms with Crippen molar-refractivity contribution in [3.8, 4) is 22.4 Å². The summed E-state index contributed by atoms with van der Waals surface area (Å²) in [6.07, 6.45) is 7.78. The number of fused-ring (bicyclic) bond motifs is 3. The van der Waals surface area contributed by atoms with Gasteiger partial charge >= 0.3 is 0 Å². The molecule has 0 saturated heterocycles. The molecule has 0 saturated carbocycles. The predicted octanol–water partition coefficient (Wildman–Crippen LogP) is 9.47. The molecule has 214 valence electrons. The smallest absolute Gasteiger partial charge is 0.231 e. The van der Waals surface area contributed by atoms with Gasteiger partial charge in [-0.15, -0.1) is 4.70 Å². The van der Waals surface area contributed by atoms with E-state index >= 15 is 0 Å². The number of allylic oxidation sites excluding steroid dienone is 3. The largest absolute Gasteiger partial charge is 0.303 e. The zero-order valence-corrected chi connectivity index (χ0v) is 25.1. The summed E-state index contributed by atoms with van der Waals surface area (Å²) in [6, 6.07) is 38.3. The van der Waals surface area contributed by atoms with Gasteiger partial charge in [0.05, 0.1) is 16.5 Å². The van der Waals surface area contributed by atoms with Crippen LogP contribution in [0.3, 0.4) is 0 Å². The molecule has 2 heterocycles. The maximum absolute atomic E-state index is 4.62. The normalized spacial score (nSPS) is 15.3. The highest BCUT2D eigenvalue weighted by atomic mass is 15.5. The third kappa shape index (κ3) is 4.68. The van der Waals surface area contributed by atoms with Crippen LogP contribution in [0.5, 0.6) is 0 Å². The number of nitrogens with zero attached hydrogens (tertiary/aromatic N) is 5. The SMILES string of the molecule is CC1(C)c2ccccc2-c2ccc(N(C3=C=C=CC=C3)c3cccc(C4=NN=[N+](c5cccc(-c6ccccn6)c5)C4)c3)cc21. The molecule has 2 aliphatic carbocycles. The summed E-state index contributed by atoms with van der Waals surface area (Å²) in [5.41, 5.74) is 19.6. The van der Waals surface area contributed by atoms with Crippen LogP contribution >= 0.6 is 0 Å². The highest BCUT2D eigenvalue weighted by Crippen LogP contribution is 2.50.